The van der Waals surface area contributed by atoms with E-state index < -0.39 is 35.9 Å². The maximum atomic E-state index is 14.2. The first-order valence-corrected chi connectivity index (χ1v) is 20.8. The molecule has 2 atom stereocenters. The van der Waals surface area contributed by atoms with Crippen LogP contribution in [-0.4, -0.2) is 84.4 Å². The Balaban J connectivity index is 0.946. The van der Waals surface area contributed by atoms with Crippen molar-refractivity contribution in [1.82, 2.24) is 25.8 Å². The van der Waals surface area contributed by atoms with E-state index >= 15 is 0 Å². The molecule has 0 unspecified atom stereocenters. The molecule has 0 radical (unpaired) electrons. The number of alkyl halides is 2. The SMILES string of the molecule is CCC(=O)N[C@H](Cc1ccc(CNC(=O)[C@@H](NC(=O)OCC2c3ccccc3-c3ccccc32)C2CCC(F)(F)CC2)cc1)C(=O)N1CCN(Cc2ccccc2)CC1. The first-order valence-electron chi connectivity index (χ1n) is 20.8. The van der Waals surface area contributed by atoms with E-state index in [0.717, 1.165) is 53.0 Å². The van der Waals surface area contributed by atoms with Crippen LogP contribution in [0.1, 0.15) is 72.8 Å². The van der Waals surface area contributed by atoms with Crippen molar-refractivity contribution in [1.29, 1.82) is 0 Å². The largest absolute Gasteiger partial charge is 0.449 e. The third-order valence-corrected chi connectivity index (χ3v) is 11.9. The van der Waals surface area contributed by atoms with E-state index in [0.29, 0.717) is 19.5 Å². The maximum Gasteiger partial charge on any atom is 0.407 e. The number of nitrogens with zero attached hydrogens (tertiary/aromatic N) is 2. The second-order valence-corrected chi connectivity index (χ2v) is 15.9. The smallest absolute Gasteiger partial charge is 0.407 e. The number of piperazine rings is 1. The van der Waals surface area contributed by atoms with Gasteiger partial charge in [0.25, 0.3) is 0 Å². The lowest BCUT2D eigenvalue weighted by molar-refractivity contribution is -0.138. The molecule has 12 heteroatoms. The second kappa shape index (κ2) is 19.0. The lowest BCUT2D eigenvalue weighted by Crippen LogP contribution is -2.55. The van der Waals surface area contributed by atoms with Crippen molar-refractivity contribution in [3.63, 3.8) is 0 Å². The van der Waals surface area contributed by atoms with Crippen LogP contribution in [-0.2, 0) is 38.6 Å². The van der Waals surface area contributed by atoms with Gasteiger partial charge in [0.2, 0.25) is 23.6 Å². The van der Waals surface area contributed by atoms with Crippen molar-refractivity contribution in [3.8, 4) is 11.1 Å². The molecule has 2 aliphatic carbocycles. The number of nitrogens with one attached hydrogen (secondary N) is 3. The predicted molar refractivity (Wildman–Crippen MR) is 221 cm³/mol. The van der Waals surface area contributed by atoms with Gasteiger partial charge in [0, 0.05) is 70.9 Å². The number of fused-ring (bicyclic) bond motifs is 3. The van der Waals surface area contributed by atoms with Crippen LogP contribution in [0.15, 0.2) is 103 Å². The molecule has 1 heterocycles. The average molecular weight is 806 g/mol. The van der Waals surface area contributed by atoms with Crippen LogP contribution in [0.4, 0.5) is 13.6 Å². The third kappa shape index (κ3) is 10.5. The molecule has 10 nitrogen and oxygen atoms in total. The zero-order valence-corrected chi connectivity index (χ0v) is 33.5. The number of rotatable bonds is 14. The fraction of sp³-hybridized carbons (Fsp3) is 0.404. The molecule has 1 aliphatic heterocycles. The quantitative estimate of drug-likeness (QED) is 0.129. The molecule has 4 aromatic carbocycles. The molecule has 0 aromatic heterocycles. The Hall–Kier alpha value is -5.62. The molecule has 4 aromatic rings. The predicted octanol–water partition coefficient (Wildman–Crippen LogP) is 6.82. The summed E-state index contributed by atoms with van der Waals surface area (Å²) in [7, 11) is 0. The van der Waals surface area contributed by atoms with Crippen LogP contribution in [0, 0.1) is 5.92 Å². The standard InChI is InChI=1S/C47H53F2N5O5/c1-2-42(55)51-41(45(57)54-26-24-53(25-27-54)30-34-10-4-3-5-11-34)28-32-16-18-33(19-17-32)29-50-44(56)43(35-20-22-47(48,49)23-21-35)52-46(58)59-31-40-38-14-8-6-12-36(38)37-13-7-9-15-39(37)40/h3-19,35,40-41,43H,2,20-31H2,1H3,(H,50,56)(H,51,55)(H,52,58)/t41-,43+/m1/s1. The maximum absolute atomic E-state index is 14.2. The van der Waals surface area contributed by atoms with Crippen LogP contribution < -0.4 is 16.0 Å². The molecular weight excluding hydrogens is 753 g/mol. The number of carbonyl (C=O) groups excluding carboxylic acids is 4. The van der Waals surface area contributed by atoms with E-state index in [4.69, 9.17) is 4.74 Å². The van der Waals surface area contributed by atoms with Gasteiger partial charge in [-0.3, -0.25) is 19.3 Å². The lowest BCUT2D eigenvalue weighted by atomic mass is 9.81. The Morgan fingerprint density at radius 2 is 1.34 bits per heavy atom. The average Bonchev–Trinajstić information content (AvgIpc) is 3.58. The van der Waals surface area contributed by atoms with Crippen molar-refractivity contribution in [3.05, 3.63) is 131 Å². The van der Waals surface area contributed by atoms with E-state index in [2.05, 4.69) is 33.0 Å². The van der Waals surface area contributed by atoms with Gasteiger partial charge in [-0.2, -0.15) is 0 Å². The first-order chi connectivity index (χ1) is 28.6. The zero-order chi connectivity index (χ0) is 41.4. The summed E-state index contributed by atoms with van der Waals surface area (Å²) in [5.74, 6) is -4.25. The number of amides is 4. The molecule has 1 saturated heterocycles. The second-order valence-electron chi connectivity index (χ2n) is 15.9. The summed E-state index contributed by atoms with van der Waals surface area (Å²) < 4.78 is 34.1. The van der Waals surface area contributed by atoms with E-state index in [-0.39, 0.29) is 63.0 Å². The summed E-state index contributed by atoms with van der Waals surface area (Å²) in [5, 5.41) is 8.56. The van der Waals surface area contributed by atoms with E-state index in [9.17, 15) is 28.0 Å². The summed E-state index contributed by atoms with van der Waals surface area (Å²) in [5.41, 5.74) is 7.12. The zero-order valence-electron chi connectivity index (χ0n) is 33.5. The normalized spacial score (nSPS) is 17.6. The molecule has 1 saturated carbocycles. The van der Waals surface area contributed by atoms with Gasteiger partial charge in [0.05, 0.1) is 0 Å². The number of hydrogen-bond acceptors (Lipinski definition) is 6. The Morgan fingerprint density at radius 1 is 0.746 bits per heavy atom. The van der Waals surface area contributed by atoms with Gasteiger partial charge in [-0.25, -0.2) is 13.6 Å². The molecule has 310 valence electrons. The fourth-order valence-corrected chi connectivity index (χ4v) is 8.57. The number of hydrogen-bond donors (Lipinski definition) is 3. The Kier molecular flexibility index (Phi) is 13.4. The van der Waals surface area contributed by atoms with Gasteiger partial charge < -0.3 is 25.6 Å². The highest BCUT2D eigenvalue weighted by molar-refractivity contribution is 5.88. The van der Waals surface area contributed by atoms with Gasteiger partial charge in [0.15, 0.2) is 0 Å². The van der Waals surface area contributed by atoms with Gasteiger partial charge in [-0.1, -0.05) is 110 Å². The Morgan fingerprint density at radius 3 is 1.97 bits per heavy atom. The van der Waals surface area contributed by atoms with Crippen molar-refractivity contribution in [2.24, 2.45) is 5.92 Å². The van der Waals surface area contributed by atoms with Gasteiger partial charge in [0.1, 0.15) is 18.7 Å². The molecule has 3 aliphatic rings. The summed E-state index contributed by atoms with van der Waals surface area (Å²) in [6, 6.07) is 31.9. The number of ether oxygens (including phenoxy) is 1. The Bertz CT molecular complexity index is 2030. The summed E-state index contributed by atoms with van der Waals surface area (Å²) in [6.45, 7) is 5.39. The molecule has 4 amide bonds. The van der Waals surface area contributed by atoms with Crippen LogP contribution >= 0.6 is 0 Å². The molecule has 2 fully saturated rings. The summed E-state index contributed by atoms with van der Waals surface area (Å²) in [4.78, 5) is 57.4. The van der Waals surface area contributed by atoms with Crippen LogP contribution in [0.5, 0.6) is 0 Å². The molecule has 59 heavy (non-hydrogen) atoms. The highest BCUT2D eigenvalue weighted by Crippen LogP contribution is 2.44. The number of carbonyl (C=O) groups is 4. The van der Waals surface area contributed by atoms with Crippen LogP contribution in [0.2, 0.25) is 0 Å². The highest BCUT2D eigenvalue weighted by Gasteiger charge is 2.41. The van der Waals surface area contributed by atoms with Crippen molar-refractivity contribution < 1.29 is 32.7 Å². The van der Waals surface area contributed by atoms with Gasteiger partial charge in [-0.15, -0.1) is 0 Å². The topological polar surface area (TPSA) is 120 Å². The van der Waals surface area contributed by atoms with E-state index in [1.165, 1.54) is 5.56 Å². The minimum absolute atomic E-state index is 0.0588. The third-order valence-electron chi connectivity index (χ3n) is 11.9. The highest BCUT2D eigenvalue weighted by atomic mass is 19.3. The van der Waals surface area contributed by atoms with E-state index in [1.54, 1.807) is 6.92 Å². The molecular formula is C47H53F2N5O5. The molecule has 7 rings (SSSR count). The van der Waals surface area contributed by atoms with Crippen LogP contribution in [0.3, 0.4) is 0 Å². The number of halogens is 2. The lowest BCUT2D eigenvalue weighted by Gasteiger charge is -2.36. The van der Waals surface area contributed by atoms with Crippen molar-refractivity contribution in [2.75, 3.05) is 32.8 Å². The van der Waals surface area contributed by atoms with Crippen LogP contribution in [0.25, 0.3) is 11.1 Å². The minimum atomic E-state index is -2.80. The van der Waals surface area contributed by atoms with E-state index in [1.807, 2.05) is 95.9 Å². The van der Waals surface area contributed by atoms with Crippen molar-refractivity contribution >= 4 is 23.8 Å². The monoisotopic (exact) mass is 805 g/mol. The summed E-state index contributed by atoms with van der Waals surface area (Å²) >= 11 is 0. The first kappa shape index (κ1) is 41.5. The number of benzene rings is 4. The fourth-order valence-electron chi connectivity index (χ4n) is 8.57. The van der Waals surface area contributed by atoms with Gasteiger partial charge >= 0.3 is 6.09 Å². The molecule has 0 bridgehead atoms. The molecule has 0 spiro atoms. The van der Waals surface area contributed by atoms with Gasteiger partial charge in [-0.05, 0) is 57.7 Å². The molecule has 3 N–H and O–H groups in total. The summed E-state index contributed by atoms with van der Waals surface area (Å²) in [6.07, 6.45) is -0.762. The van der Waals surface area contributed by atoms with Crippen molar-refractivity contribution in [2.45, 2.75) is 82.5 Å². The Labute approximate surface area is 344 Å². The minimum Gasteiger partial charge on any atom is -0.449 e. The number of alkyl carbamates (subject to hydrolysis) is 1.